The highest BCUT2D eigenvalue weighted by Crippen LogP contribution is 2.29. The van der Waals surface area contributed by atoms with Crippen molar-refractivity contribution in [2.24, 2.45) is 0 Å². The van der Waals surface area contributed by atoms with E-state index in [4.69, 9.17) is 4.74 Å². The van der Waals surface area contributed by atoms with Crippen LogP contribution in [0.2, 0.25) is 0 Å². The maximum Gasteiger partial charge on any atom is 0.0831 e. The van der Waals surface area contributed by atoms with Gasteiger partial charge < -0.3 is 9.84 Å². The highest BCUT2D eigenvalue weighted by Gasteiger charge is 2.12. The molecule has 0 bridgehead atoms. The Kier molecular flexibility index (Phi) is 4.34. The molecule has 1 unspecified atom stereocenters. The summed E-state index contributed by atoms with van der Waals surface area (Å²) in [4.78, 5) is 0. The van der Waals surface area contributed by atoms with Crippen molar-refractivity contribution in [3.8, 4) is 0 Å². The quantitative estimate of drug-likeness (QED) is 0.760. The molecule has 0 aliphatic heterocycles. The summed E-state index contributed by atoms with van der Waals surface area (Å²) in [5, 5.41) is 13.9. The van der Waals surface area contributed by atoms with E-state index in [1.54, 1.807) is 18.4 Å². The summed E-state index contributed by atoms with van der Waals surface area (Å²) in [6, 6.07) is 16.3. The fourth-order valence-electron chi connectivity index (χ4n) is 2.57. The molecule has 1 N–H and O–H groups in total. The fourth-order valence-corrected chi connectivity index (χ4v) is 3.55. The third kappa shape index (κ3) is 3.16. The van der Waals surface area contributed by atoms with Gasteiger partial charge >= 0.3 is 0 Å². The lowest BCUT2D eigenvalue weighted by atomic mass is 9.99. The molecule has 0 amide bonds. The molecule has 2 nitrogen and oxygen atoms in total. The van der Waals surface area contributed by atoms with E-state index in [0.717, 1.165) is 11.1 Å². The van der Waals surface area contributed by atoms with Gasteiger partial charge in [-0.15, -0.1) is 11.3 Å². The Labute approximate surface area is 128 Å². The van der Waals surface area contributed by atoms with Crippen LogP contribution < -0.4 is 0 Å². The average Bonchev–Trinajstić information content (AvgIpc) is 2.91. The number of aliphatic hydroxyl groups is 1. The van der Waals surface area contributed by atoms with Gasteiger partial charge in [0.1, 0.15) is 0 Å². The molecule has 21 heavy (non-hydrogen) atoms. The van der Waals surface area contributed by atoms with E-state index in [1.165, 1.54) is 15.6 Å². The molecule has 3 rings (SSSR count). The first-order valence-corrected chi connectivity index (χ1v) is 7.87. The van der Waals surface area contributed by atoms with Crippen LogP contribution in [0.15, 0.2) is 53.9 Å². The SMILES string of the molecule is COCc1cccc(C(O)Cc2csc3ccccc23)c1. The maximum absolute atomic E-state index is 10.5. The molecule has 0 spiro atoms. The lowest BCUT2D eigenvalue weighted by Crippen LogP contribution is -2.02. The minimum absolute atomic E-state index is 0.486. The summed E-state index contributed by atoms with van der Waals surface area (Å²) < 4.78 is 6.42. The number of aliphatic hydroxyl groups excluding tert-OH is 1. The fraction of sp³-hybridized carbons (Fsp3) is 0.222. The van der Waals surface area contributed by atoms with Crippen LogP contribution in [0.5, 0.6) is 0 Å². The summed E-state index contributed by atoms with van der Waals surface area (Å²) in [5.74, 6) is 0. The molecular formula is C18H18O2S. The predicted molar refractivity (Wildman–Crippen MR) is 87.6 cm³/mol. The Bertz CT molecular complexity index is 733. The molecule has 1 atom stereocenters. The summed E-state index contributed by atoms with van der Waals surface area (Å²) in [7, 11) is 1.68. The molecule has 2 aromatic carbocycles. The lowest BCUT2D eigenvalue weighted by molar-refractivity contribution is 0.175. The van der Waals surface area contributed by atoms with Gasteiger partial charge in [0.2, 0.25) is 0 Å². The first kappa shape index (κ1) is 14.3. The summed E-state index contributed by atoms with van der Waals surface area (Å²) in [6.07, 6.45) is 0.153. The largest absolute Gasteiger partial charge is 0.388 e. The van der Waals surface area contributed by atoms with E-state index in [2.05, 4.69) is 17.5 Å². The van der Waals surface area contributed by atoms with Crippen molar-refractivity contribution in [3.05, 3.63) is 70.6 Å². The third-order valence-electron chi connectivity index (χ3n) is 3.62. The summed E-state index contributed by atoms with van der Waals surface area (Å²) >= 11 is 1.73. The summed E-state index contributed by atoms with van der Waals surface area (Å²) in [5.41, 5.74) is 3.24. The van der Waals surface area contributed by atoms with Gasteiger partial charge in [-0.1, -0.05) is 42.5 Å². The number of benzene rings is 2. The second-order valence-corrected chi connectivity index (χ2v) is 6.07. The molecule has 3 aromatic rings. The molecule has 108 valence electrons. The lowest BCUT2D eigenvalue weighted by Gasteiger charge is -2.12. The van der Waals surface area contributed by atoms with Crippen LogP contribution in [-0.4, -0.2) is 12.2 Å². The van der Waals surface area contributed by atoms with Crippen molar-refractivity contribution in [3.63, 3.8) is 0 Å². The first-order valence-electron chi connectivity index (χ1n) is 6.99. The van der Waals surface area contributed by atoms with Gasteiger partial charge in [-0.2, -0.15) is 0 Å². The van der Waals surface area contributed by atoms with Crippen LogP contribution in [-0.2, 0) is 17.8 Å². The van der Waals surface area contributed by atoms with Crippen molar-refractivity contribution in [2.75, 3.05) is 7.11 Å². The van der Waals surface area contributed by atoms with Crippen molar-refractivity contribution < 1.29 is 9.84 Å². The number of fused-ring (bicyclic) bond motifs is 1. The molecular weight excluding hydrogens is 280 g/mol. The molecule has 0 radical (unpaired) electrons. The van der Waals surface area contributed by atoms with Crippen LogP contribution in [0.3, 0.4) is 0 Å². The third-order valence-corrected chi connectivity index (χ3v) is 4.63. The monoisotopic (exact) mass is 298 g/mol. The number of thiophene rings is 1. The Morgan fingerprint density at radius 1 is 1.14 bits per heavy atom. The van der Waals surface area contributed by atoms with Gasteiger partial charge in [0.25, 0.3) is 0 Å². The van der Waals surface area contributed by atoms with Crippen molar-refractivity contribution >= 4 is 21.4 Å². The number of methoxy groups -OCH3 is 1. The van der Waals surface area contributed by atoms with Crippen LogP contribution in [0, 0.1) is 0 Å². The molecule has 3 heteroatoms. The normalized spacial score (nSPS) is 12.7. The van der Waals surface area contributed by atoms with Crippen LogP contribution >= 0.6 is 11.3 Å². The first-order chi connectivity index (χ1) is 10.3. The molecule has 0 aliphatic rings. The van der Waals surface area contributed by atoms with E-state index in [1.807, 2.05) is 36.4 Å². The number of hydrogen-bond donors (Lipinski definition) is 1. The van der Waals surface area contributed by atoms with Crippen molar-refractivity contribution in [1.82, 2.24) is 0 Å². The minimum atomic E-state index is -0.486. The standard InChI is InChI=1S/C18H18O2S/c1-20-11-13-5-4-6-14(9-13)17(19)10-15-12-21-18-8-3-2-7-16(15)18/h2-9,12,17,19H,10-11H2,1H3. The highest BCUT2D eigenvalue weighted by atomic mass is 32.1. The molecule has 1 aromatic heterocycles. The number of ether oxygens (including phenoxy) is 1. The zero-order valence-corrected chi connectivity index (χ0v) is 12.8. The Morgan fingerprint density at radius 3 is 2.86 bits per heavy atom. The van der Waals surface area contributed by atoms with Crippen LogP contribution in [0.1, 0.15) is 22.8 Å². The maximum atomic E-state index is 10.5. The number of hydrogen-bond acceptors (Lipinski definition) is 3. The van der Waals surface area contributed by atoms with Gasteiger partial charge in [-0.05, 0) is 33.5 Å². The molecule has 0 saturated heterocycles. The smallest absolute Gasteiger partial charge is 0.0831 e. The van der Waals surface area contributed by atoms with Gasteiger partial charge in [0, 0.05) is 18.2 Å². The van der Waals surface area contributed by atoms with E-state index < -0.39 is 6.10 Å². The van der Waals surface area contributed by atoms with Gasteiger partial charge in [-0.25, -0.2) is 0 Å². The zero-order valence-electron chi connectivity index (χ0n) is 12.0. The molecule has 0 fully saturated rings. The van der Waals surface area contributed by atoms with E-state index in [9.17, 15) is 5.11 Å². The Morgan fingerprint density at radius 2 is 2.00 bits per heavy atom. The molecule has 1 heterocycles. The van der Waals surface area contributed by atoms with Crippen molar-refractivity contribution in [2.45, 2.75) is 19.1 Å². The van der Waals surface area contributed by atoms with Gasteiger partial charge in [-0.3, -0.25) is 0 Å². The zero-order chi connectivity index (χ0) is 14.7. The van der Waals surface area contributed by atoms with Crippen LogP contribution in [0.4, 0.5) is 0 Å². The second-order valence-electron chi connectivity index (χ2n) is 5.16. The van der Waals surface area contributed by atoms with E-state index >= 15 is 0 Å². The average molecular weight is 298 g/mol. The van der Waals surface area contributed by atoms with Crippen LogP contribution in [0.25, 0.3) is 10.1 Å². The van der Waals surface area contributed by atoms with Gasteiger partial charge in [0.15, 0.2) is 0 Å². The predicted octanol–water partition coefficient (Wildman–Crippen LogP) is 4.32. The highest BCUT2D eigenvalue weighted by molar-refractivity contribution is 7.17. The van der Waals surface area contributed by atoms with Gasteiger partial charge in [0.05, 0.1) is 12.7 Å². The molecule has 0 saturated carbocycles. The van der Waals surface area contributed by atoms with Crippen molar-refractivity contribution in [1.29, 1.82) is 0 Å². The van der Waals surface area contributed by atoms with E-state index in [0.29, 0.717) is 13.0 Å². The minimum Gasteiger partial charge on any atom is -0.388 e. The summed E-state index contributed by atoms with van der Waals surface area (Å²) in [6.45, 7) is 0.571. The Hall–Kier alpha value is -1.68. The topological polar surface area (TPSA) is 29.5 Å². The Balaban J connectivity index is 1.82. The second kappa shape index (κ2) is 6.39. The van der Waals surface area contributed by atoms with E-state index in [-0.39, 0.29) is 0 Å². The molecule has 0 aliphatic carbocycles. The number of rotatable bonds is 5.